The molecule has 1 aromatic heterocycles. The third-order valence-electron chi connectivity index (χ3n) is 3.21. The summed E-state index contributed by atoms with van der Waals surface area (Å²) in [4.78, 5) is 4.34. The minimum atomic E-state index is 0.373. The summed E-state index contributed by atoms with van der Waals surface area (Å²) >= 11 is 5.26. The molecule has 2 aromatic carbocycles. The van der Waals surface area contributed by atoms with E-state index in [9.17, 15) is 0 Å². The Morgan fingerprint density at radius 1 is 1.09 bits per heavy atom. The summed E-state index contributed by atoms with van der Waals surface area (Å²) in [6.45, 7) is 2.41. The number of aryl methyl sites for hydroxylation is 1. The van der Waals surface area contributed by atoms with Crippen LogP contribution in [0.5, 0.6) is 0 Å². The number of nitrogens with zero attached hydrogens (tertiary/aromatic N) is 2. The average molecular weight is 324 g/mol. The SMILES string of the molecule is Cc1ccc(NC(=S)NCc2nc(-c3ccccc3)no2)cc1. The van der Waals surface area contributed by atoms with Gasteiger partial charge in [0, 0.05) is 11.3 Å². The van der Waals surface area contributed by atoms with Crippen LogP contribution < -0.4 is 10.6 Å². The normalized spacial score (nSPS) is 10.3. The monoisotopic (exact) mass is 324 g/mol. The maximum atomic E-state index is 5.26. The molecule has 6 heteroatoms. The van der Waals surface area contributed by atoms with Gasteiger partial charge in [-0.1, -0.05) is 53.2 Å². The molecule has 0 saturated heterocycles. The predicted molar refractivity (Wildman–Crippen MR) is 94.0 cm³/mol. The van der Waals surface area contributed by atoms with E-state index in [4.69, 9.17) is 16.7 Å². The Kier molecular flexibility index (Phi) is 4.63. The van der Waals surface area contributed by atoms with Crippen molar-refractivity contribution in [1.82, 2.24) is 15.5 Å². The fourth-order valence-corrected chi connectivity index (χ4v) is 2.19. The van der Waals surface area contributed by atoms with Gasteiger partial charge in [-0.3, -0.25) is 0 Å². The standard InChI is InChI=1S/C17H16N4OS/c1-12-7-9-14(10-8-12)19-17(23)18-11-15-20-16(21-22-15)13-5-3-2-4-6-13/h2-10H,11H2,1H3,(H2,18,19,23). The van der Waals surface area contributed by atoms with E-state index in [1.165, 1.54) is 5.56 Å². The maximum absolute atomic E-state index is 5.26. The van der Waals surface area contributed by atoms with Crippen LogP contribution in [0.1, 0.15) is 11.5 Å². The molecule has 0 saturated carbocycles. The van der Waals surface area contributed by atoms with Crippen LogP contribution in [-0.2, 0) is 6.54 Å². The number of benzene rings is 2. The van der Waals surface area contributed by atoms with Crippen molar-refractivity contribution < 1.29 is 4.52 Å². The molecule has 0 aliphatic rings. The molecule has 23 heavy (non-hydrogen) atoms. The van der Waals surface area contributed by atoms with Crippen molar-refractivity contribution in [1.29, 1.82) is 0 Å². The van der Waals surface area contributed by atoms with Gasteiger partial charge in [0.2, 0.25) is 11.7 Å². The molecule has 0 unspecified atom stereocenters. The number of anilines is 1. The molecule has 3 rings (SSSR count). The van der Waals surface area contributed by atoms with Gasteiger partial charge in [-0.2, -0.15) is 4.98 Å². The molecule has 5 nitrogen and oxygen atoms in total. The Morgan fingerprint density at radius 3 is 2.57 bits per heavy atom. The third kappa shape index (κ3) is 4.14. The minimum Gasteiger partial charge on any atom is -0.353 e. The highest BCUT2D eigenvalue weighted by Crippen LogP contribution is 2.14. The molecular weight excluding hydrogens is 308 g/mol. The van der Waals surface area contributed by atoms with Gasteiger partial charge in [0.15, 0.2) is 5.11 Å². The quantitative estimate of drug-likeness (QED) is 0.716. The molecule has 0 amide bonds. The Bertz CT molecular complexity index is 784. The van der Waals surface area contributed by atoms with E-state index in [1.807, 2.05) is 61.5 Å². The first-order valence-corrected chi connectivity index (χ1v) is 7.61. The maximum Gasteiger partial charge on any atom is 0.246 e. The zero-order chi connectivity index (χ0) is 16.1. The molecule has 1 heterocycles. The molecule has 0 spiro atoms. The molecular formula is C17H16N4OS. The van der Waals surface area contributed by atoms with Gasteiger partial charge >= 0.3 is 0 Å². The Morgan fingerprint density at radius 2 is 1.83 bits per heavy atom. The number of hydrogen-bond acceptors (Lipinski definition) is 4. The van der Waals surface area contributed by atoms with Crippen LogP contribution in [0, 0.1) is 6.92 Å². The molecule has 0 aliphatic heterocycles. The van der Waals surface area contributed by atoms with E-state index < -0.39 is 0 Å². The first-order chi connectivity index (χ1) is 11.2. The van der Waals surface area contributed by atoms with E-state index in [-0.39, 0.29) is 0 Å². The molecule has 116 valence electrons. The lowest BCUT2D eigenvalue weighted by Crippen LogP contribution is -2.27. The van der Waals surface area contributed by atoms with E-state index in [0.29, 0.717) is 23.4 Å². The van der Waals surface area contributed by atoms with Crippen LogP contribution in [-0.4, -0.2) is 15.3 Å². The Labute approximate surface area is 139 Å². The fourth-order valence-electron chi connectivity index (χ4n) is 2.00. The highest BCUT2D eigenvalue weighted by Gasteiger charge is 2.08. The van der Waals surface area contributed by atoms with Crippen molar-refractivity contribution in [3.63, 3.8) is 0 Å². The van der Waals surface area contributed by atoms with E-state index in [0.717, 1.165) is 11.3 Å². The second kappa shape index (κ2) is 7.02. The lowest BCUT2D eigenvalue weighted by molar-refractivity contribution is 0.376. The van der Waals surface area contributed by atoms with Crippen molar-refractivity contribution in [2.24, 2.45) is 0 Å². The van der Waals surface area contributed by atoms with E-state index >= 15 is 0 Å². The van der Waals surface area contributed by atoms with Crippen LogP contribution in [0.15, 0.2) is 59.1 Å². The van der Waals surface area contributed by atoms with Crippen molar-refractivity contribution in [3.8, 4) is 11.4 Å². The van der Waals surface area contributed by atoms with Crippen LogP contribution in [0.4, 0.5) is 5.69 Å². The highest BCUT2D eigenvalue weighted by atomic mass is 32.1. The average Bonchev–Trinajstić information content (AvgIpc) is 3.05. The molecule has 3 aromatic rings. The third-order valence-corrected chi connectivity index (χ3v) is 3.46. The lowest BCUT2D eigenvalue weighted by Gasteiger charge is -2.08. The molecule has 0 bridgehead atoms. The lowest BCUT2D eigenvalue weighted by atomic mass is 10.2. The number of aromatic nitrogens is 2. The van der Waals surface area contributed by atoms with Crippen molar-refractivity contribution in [2.75, 3.05) is 5.32 Å². The summed E-state index contributed by atoms with van der Waals surface area (Å²) in [6.07, 6.45) is 0. The van der Waals surface area contributed by atoms with Gasteiger partial charge in [-0.05, 0) is 31.3 Å². The van der Waals surface area contributed by atoms with E-state index in [1.54, 1.807) is 0 Å². The largest absolute Gasteiger partial charge is 0.353 e. The van der Waals surface area contributed by atoms with Crippen molar-refractivity contribution >= 4 is 23.0 Å². The van der Waals surface area contributed by atoms with Gasteiger partial charge < -0.3 is 15.2 Å². The smallest absolute Gasteiger partial charge is 0.246 e. The molecule has 2 N–H and O–H groups in total. The van der Waals surface area contributed by atoms with Gasteiger partial charge in [0.1, 0.15) is 0 Å². The Hall–Kier alpha value is -2.73. The van der Waals surface area contributed by atoms with Gasteiger partial charge in [0.05, 0.1) is 6.54 Å². The van der Waals surface area contributed by atoms with Crippen LogP contribution in [0.25, 0.3) is 11.4 Å². The summed E-state index contributed by atoms with van der Waals surface area (Å²) in [5.74, 6) is 1.05. The van der Waals surface area contributed by atoms with Gasteiger partial charge in [-0.25, -0.2) is 0 Å². The number of rotatable bonds is 4. The summed E-state index contributed by atoms with van der Waals surface area (Å²) in [5, 5.41) is 10.6. The molecule has 0 atom stereocenters. The van der Waals surface area contributed by atoms with Crippen LogP contribution in [0.3, 0.4) is 0 Å². The van der Waals surface area contributed by atoms with Crippen molar-refractivity contribution in [2.45, 2.75) is 13.5 Å². The summed E-state index contributed by atoms with van der Waals surface area (Å²) < 4.78 is 5.22. The zero-order valence-corrected chi connectivity index (χ0v) is 13.4. The minimum absolute atomic E-state index is 0.373. The second-order valence-corrected chi connectivity index (χ2v) is 5.46. The Balaban J connectivity index is 1.55. The molecule has 0 fully saturated rings. The van der Waals surface area contributed by atoms with Gasteiger partial charge in [0.25, 0.3) is 0 Å². The van der Waals surface area contributed by atoms with Crippen molar-refractivity contribution in [3.05, 3.63) is 66.1 Å². The zero-order valence-electron chi connectivity index (χ0n) is 12.6. The number of hydrogen-bond donors (Lipinski definition) is 2. The highest BCUT2D eigenvalue weighted by molar-refractivity contribution is 7.80. The van der Waals surface area contributed by atoms with Gasteiger partial charge in [-0.15, -0.1) is 0 Å². The molecule has 0 radical (unpaired) electrons. The summed E-state index contributed by atoms with van der Waals surface area (Å²) in [5.41, 5.74) is 3.06. The first kappa shape index (κ1) is 15.2. The van der Waals surface area contributed by atoms with E-state index in [2.05, 4.69) is 20.8 Å². The second-order valence-electron chi connectivity index (χ2n) is 5.05. The number of nitrogens with one attached hydrogen (secondary N) is 2. The summed E-state index contributed by atoms with van der Waals surface area (Å²) in [7, 11) is 0. The fraction of sp³-hybridized carbons (Fsp3) is 0.118. The number of thiocarbonyl (C=S) groups is 1. The topological polar surface area (TPSA) is 63.0 Å². The van der Waals surface area contributed by atoms with Crippen LogP contribution >= 0.6 is 12.2 Å². The van der Waals surface area contributed by atoms with Crippen LogP contribution in [0.2, 0.25) is 0 Å². The first-order valence-electron chi connectivity index (χ1n) is 7.20. The molecule has 0 aliphatic carbocycles. The predicted octanol–water partition coefficient (Wildman–Crippen LogP) is 3.53. The summed E-state index contributed by atoms with van der Waals surface area (Å²) in [6, 6.07) is 17.7.